The van der Waals surface area contributed by atoms with Gasteiger partial charge >= 0.3 is 0 Å². The lowest BCUT2D eigenvalue weighted by molar-refractivity contribution is -0.0110. The molecular weight excluding hydrogens is 302 g/mol. The molecule has 0 amide bonds. The summed E-state index contributed by atoms with van der Waals surface area (Å²) < 4.78 is 3.83. The van der Waals surface area contributed by atoms with Crippen molar-refractivity contribution >= 4 is 0 Å². The molecule has 3 aromatic rings. The molecule has 0 bridgehead atoms. The highest BCUT2D eigenvalue weighted by molar-refractivity contribution is 5.35. The Hall–Kier alpha value is -2.44. The van der Waals surface area contributed by atoms with Gasteiger partial charge in [0.15, 0.2) is 0 Å². The van der Waals surface area contributed by atoms with Gasteiger partial charge in [-0.2, -0.15) is 5.10 Å². The van der Waals surface area contributed by atoms with Crippen LogP contribution in [0.5, 0.6) is 0 Å². The molecule has 1 aliphatic carbocycles. The van der Waals surface area contributed by atoms with Crippen molar-refractivity contribution in [3.05, 3.63) is 67.0 Å². The molecule has 0 aliphatic heterocycles. The van der Waals surface area contributed by atoms with Crippen molar-refractivity contribution < 1.29 is 5.11 Å². The molecule has 2 N–H and O–H groups in total. The fraction of sp³-hybridized carbons (Fsp3) is 0.333. The quantitative estimate of drug-likeness (QED) is 0.754. The summed E-state index contributed by atoms with van der Waals surface area (Å²) >= 11 is 0. The summed E-state index contributed by atoms with van der Waals surface area (Å²) in [5.74, 6) is 0. The van der Waals surface area contributed by atoms with Crippen molar-refractivity contribution in [2.24, 2.45) is 0 Å². The Morgan fingerprint density at radius 2 is 2.04 bits per heavy atom. The minimum Gasteiger partial charge on any atom is -0.391 e. The number of aliphatic hydroxyl groups excluding tert-OH is 1. The van der Waals surface area contributed by atoms with Gasteiger partial charge < -0.3 is 15.0 Å². The van der Waals surface area contributed by atoms with Crippen LogP contribution in [-0.2, 0) is 0 Å². The second-order valence-electron chi connectivity index (χ2n) is 6.34. The van der Waals surface area contributed by atoms with E-state index >= 15 is 0 Å². The molecule has 1 saturated carbocycles. The van der Waals surface area contributed by atoms with Crippen LogP contribution in [0.15, 0.2) is 61.4 Å². The molecule has 4 rings (SSSR count). The average Bonchev–Trinajstić information content (AvgIpc) is 3.28. The predicted octanol–water partition coefficient (Wildman–Crippen LogP) is 2.09. The number of nitrogens with zero attached hydrogens (tertiary/aromatic N) is 4. The topological polar surface area (TPSA) is 67.9 Å². The van der Waals surface area contributed by atoms with E-state index in [2.05, 4.69) is 46.6 Å². The first-order valence-corrected chi connectivity index (χ1v) is 8.24. The van der Waals surface area contributed by atoms with Gasteiger partial charge in [-0.15, -0.1) is 0 Å². The lowest BCUT2D eigenvalue weighted by Crippen LogP contribution is -2.55. The van der Waals surface area contributed by atoms with Crippen LogP contribution in [0.25, 0.3) is 5.69 Å². The number of aliphatic hydroxyl groups is 1. The molecule has 1 unspecified atom stereocenters. The van der Waals surface area contributed by atoms with Gasteiger partial charge in [-0.05, 0) is 37.1 Å². The highest BCUT2D eigenvalue weighted by Crippen LogP contribution is 2.34. The van der Waals surface area contributed by atoms with E-state index in [0.717, 1.165) is 12.1 Å². The zero-order valence-electron chi connectivity index (χ0n) is 13.5. The normalized spacial score (nSPS) is 24.5. The van der Waals surface area contributed by atoms with Crippen molar-refractivity contribution in [1.29, 1.82) is 0 Å². The van der Waals surface area contributed by atoms with Crippen molar-refractivity contribution in [2.75, 3.05) is 0 Å². The second kappa shape index (κ2) is 6.22. The average molecular weight is 323 g/mol. The Morgan fingerprint density at radius 3 is 2.67 bits per heavy atom. The smallest absolute Gasteiger partial charge is 0.0991 e. The van der Waals surface area contributed by atoms with Crippen molar-refractivity contribution in [2.45, 2.75) is 37.6 Å². The first-order valence-electron chi connectivity index (χ1n) is 8.24. The SMILES string of the molecule is CC(N[C@H]1C[C@@H](O)[C@@H]1n1cccn1)c1ccc(-n2ccnc2)cc1. The molecule has 24 heavy (non-hydrogen) atoms. The molecule has 6 nitrogen and oxygen atoms in total. The van der Waals surface area contributed by atoms with Gasteiger partial charge in [0.1, 0.15) is 0 Å². The lowest BCUT2D eigenvalue weighted by Gasteiger charge is -2.43. The maximum Gasteiger partial charge on any atom is 0.0991 e. The second-order valence-corrected chi connectivity index (χ2v) is 6.34. The van der Waals surface area contributed by atoms with Crippen LogP contribution in [0.3, 0.4) is 0 Å². The summed E-state index contributed by atoms with van der Waals surface area (Å²) in [6.45, 7) is 2.15. The number of hydrogen-bond acceptors (Lipinski definition) is 4. The van der Waals surface area contributed by atoms with E-state index in [1.807, 2.05) is 27.7 Å². The molecular formula is C18H21N5O. The summed E-state index contributed by atoms with van der Waals surface area (Å²) in [5.41, 5.74) is 2.32. The van der Waals surface area contributed by atoms with Crippen molar-refractivity contribution in [3.8, 4) is 5.69 Å². The third-order valence-electron chi connectivity index (χ3n) is 4.79. The number of hydrogen-bond donors (Lipinski definition) is 2. The van der Waals surface area contributed by atoms with Crippen LogP contribution in [0, 0.1) is 0 Å². The van der Waals surface area contributed by atoms with Gasteiger partial charge in [-0.25, -0.2) is 4.98 Å². The fourth-order valence-electron chi connectivity index (χ4n) is 3.36. The molecule has 2 heterocycles. The zero-order chi connectivity index (χ0) is 16.5. The van der Waals surface area contributed by atoms with Crippen LogP contribution >= 0.6 is 0 Å². The standard InChI is InChI=1S/C18H21N5O/c1-13(14-3-5-15(6-4-14)22-10-8-19-12-22)21-16-11-17(24)18(16)23-9-2-7-20-23/h2-10,12-13,16-18,21,24H,11H2,1H3/t13?,16-,17+,18+/m0/s1. The Kier molecular flexibility index (Phi) is 3.92. The largest absolute Gasteiger partial charge is 0.391 e. The first kappa shape index (κ1) is 15.1. The van der Waals surface area contributed by atoms with Crippen LogP contribution < -0.4 is 5.32 Å². The van der Waals surface area contributed by atoms with Crippen molar-refractivity contribution in [3.63, 3.8) is 0 Å². The minimum absolute atomic E-state index is 0.00710. The maximum atomic E-state index is 10.1. The number of aromatic nitrogens is 4. The van der Waals surface area contributed by atoms with Crippen LogP contribution in [0.2, 0.25) is 0 Å². The fourth-order valence-corrected chi connectivity index (χ4v) is 3.36. The van der Waals surface area contributed by atoms with E-state index in [1.54, 1.807) is 18.7 Å². The molecule has 1 fully saturated rings. The maximum absolute atomic E-state index is 10.1. The van der Waals surface area contributed by atoms with E-state index in [1.165, 1.54) is 5.56 Å². The number of nitrogens with one attached hydrogen (secondary N) is 1. The molecule has 4 atom stereocenters. The number of benzene rings is 1. The highest BCUT2D eigenvalue weighted by atomic mass is 16.3. The molecule has 1 aromatic carbocycles. The molecule has 0 spiro atoms. The van der Waals surface area contributed by atoms with Gasteiger partial charge in [0.05, 0.1) is 18.5 Å². The molecule has 2 aromatic heterocycles. The van der Waals surface area contributed by atoms with E-state index in [-0.39, 0.29) is 24.2 Å². The van der Waals surface area contributed by atoms with Gasteiger partial charge in [0.25, 0.3) is 0 Å². The molecule has 124 valence electrons. The van der Waals surface area contributed by atoms with Crippen molar-refractivity contribution in [1.82, 2.24) is 24.6 Å². The summed E-state index contributed by atoms with van der Waals surface area (Å²) in [6, 6.07) is 10.8. The van der Waals surface area contributed by atoms with Crippen LogP contribution in [-0.4, -0.2) is 36.6 Å². The van der Waals surface area contributed by atoms with E-state index in [0.29, 0.717) is 0 Å². The van der Waals surface area contributed by atoms with Gasteiger partial charge in [0, 0.05) is 42.6 Å². The monoisotopic (exact) mass is 323 g/mol. The summed E-state index contributed by atoms with van der Waals surface area (Å²) in [6.07, 6.45) is 9.57. The lowest BCUT2D eigenvalue weighted by atomic mass is 9.82. The Bertz CT molecular complexity index is 766. The van der Waals surface area contributed by atoms with Gasteiger partial charge in [0.2, 0.25) is 0 Å². The van der Waals surface area contributed by atoms with E-state index in [9.17, 15) is 5.11 Å². The third kappa shape index (κ3) is 2.74. The zero-order valence-corrected chi connectivity index (χ0v) is 13.5. The summed E-state index contributed by atoms with van der Waals surface area (Å²) in [5, 5.41) is 17.9. The van der Waals surface area contributed by atoms with Crippen LogP contribution in [0.1, 0.15) is 31.0 Å². The van der Waals surface area contributed by atoms with Gasteiger partial charge in [-0.1, -0.05) is 12.1 Å². The minimum atomic E-state index is -0.335. The Morgan fingerprint density at radius 1 is 1.21 bits per heavy atom. The highest BCUT2D eigenvalue weighted by Gasteiger charge is 2.42. The Labute approximate surface area is 140 Å². The predicted molar refractivity (Wildman–Crippen MR) is 90.8 cm³/mol. The number of rotatable bonds is 5. The van der Waals surface area contributed by atoms with Gasteiger partial charge in [-0.3, -0.25) is 4.68 Å². The van der Waals surface area contributed by atoms with Crippen LogP contribution in [0.4, 0.5) is 0 Å². The molecule has 1 aliphatic rings. The molecule has 0 saturated heterocycles. The molecule has 6 heteroatoms. The van der Waals surface area contributed by atoms with E-state index in [4.69, 9.17) is 0 Å². The molecule has 0 radical (unpaired) electrons. The van der Waals surface area contributed by atoms with E-state index < -0.39 is 0 Å². The summed E-state index contributed by atoms with van der Waals surface area (Å²) in [4.78, 5) is 4.07. The Balaban J connectivity index is 1.44. The summed E-state index contributed by atoms with van der Waals surface area (Å²) in [7, 11) is 0. The first-order chi connectivity index (χ1) is 11.7. The third-order valence-corrected chi connectivity index (χ3v) is 4.79. The number of imidazole rings is 1.